The number of phosphoric ester groups is 2. The van der Waals surface area contributed by atoms with Crippen LogP contribution in [0.15, 0.2) is 24.3 Å². The highest BCUT2D eigenvalue weighted by molar-refractivity contribution is 7.47. The van der Waals surface area contributed by atoms with Crippen LogP contribution in [-0.2, 0) is 65.4 Å². The summed E-state index contributed by atoms with van der Waals surface area (Å²) in [5.74, 6) is -0.489. The van der Waals surface area contributed by atoms with Crippen LogP contribution in [0.25, 0.3) is 0 Å². The molecule has 0 radical (unpaired) electrons. The van der Waals surface area contributed by atoms with E-state index in [0.29, 0.717) is 25.7 Å². The minimum absolute atomic E-state index is 0.0848. The minimum Gasteiger partial charge on any atom is -0.462 e. The number of allylic oxidation sites excluding steroid dienone is 4. The van der Waals surface area contributed by atoms with Crippen molar-refractivity contribution in [2.24, 2.45) is 11.8 Å². The van der Waals surface area contributed by atoms with Crippen molar-refractivity contribution in [3.8, 4) is 0 Å². The lowest BCUT2D eigenvalue weighted by molar-refractivity contribution is -0.161. The number of hydrogen-bond acceptors (Lipinski definition) is 15. The van der Waals surface area contributed by atoms with Crippen LogP contribution in [-0.4, -0.2) is 96.7 Å². The molecule has 17 nitrogen and oxygen atoms in total. The minimum atomic E-state index is -4.96. The summed E-state index contributed by atoms with van der Waals surface area (Å²) >= 11 is 0. The standard InChI is InChI=1S/C80H152O17P2/c1-7-10-12-14-16-17-18-19-22-30-35-40-46-52-58-64-79(84)96-75(68-90-77(82)62-56-50-42-15-13-11-8-2)70-94-98(86,87)92-66-74(81)67-93-99(88,89)95-71-76(69-91-78(83)63-57-51-45-39-34-29-26-25-28-33-38-44-49-55-61-73(6)9-3)97-80(85)65-59-53-47-41-36-31-24-21-20-23-27-32-37-43-48-54-60-72(4)5/h17-19,22,72-76,81H,7-16,20-21,23-71H2,1-6H3,(H,86,87)(H,88,89)/b18-17-,22-19-/t73?,74-,75+,76+/m0/s1. The zero-order chi connectivity index (χ0) is 72.8. The van der Waals surface area contributed by atoms with Gasteiger partial charge in [-0.3, -0.25) is 37.3 Å². The molecule has 0 aromatic rings. The van der Waals surface area contributed by atoms with E-state index < -0.39 is 97.5 Å². The fraction of sp³-hybridized carbons (Fsp3) is 0.900. The number of aliphatic hydroxyl groups excluding tert-OH is 1. The van der Waals surface area contributed by atoms with Crippen LogP contribution in [0.5, 0.6) is 0 Å². The molecule has 0 fully saturated rings. The predicted octanol–water partition coefficient (Wildman–Crippen LogP) is 23.4. The predicted molar refractivity (Wildman–Crippen MR) is 404 cm³/mol. The summed E-state index contributed by atoms with van der Waals surface area (Å²) in [6, 6.07) is 0. The highest BCUT2D eigenvalue weighted by Gasteiger charge is 2.30. The Kier molecular flexibility index (Phi) is 69.4. The normalized spacial score (nSPS) is 14.4. The van der Waals surface area contributed by atoms with E-state index in [0.717, 1.165) is 127 Å². The van der Waals surface area contributed by atoms with Crippen molar-refractivity contribution in [3.05, 3.63) is 24.3 Å². The van der Waals surface area contributed by atoms with E-state index in [1.165, 1.54) is 186 Å². The fourth-order valence-electron chi connectivity index (χ4n) is 11.8. The van der Waals surface area contributed by atoms with Crippen LogP contribution < -0.4 is 0 Å². The van der Waals surface area contributed by atoms with Crippen molar-refractivity contribution >= 4 is 39.5 Å². The molecule has 584 valence electrons. The Morgan fingerprint density at radius 2 is 0.596 bits per heavy atom. The van der Waals surface area contributed by atoms with Crippen LogP contribution >= 0.6 is 15.6 Å². The van der Waals surface area contributed by atoms with Crippen molar-refractivity contribution in [2.45, 2.75) is 413 Å². The summed E-state index contributed by atoms with van der Waals surface area (Å²) in [6.07, 6.45) is 63.3. The molecule has 0 bridgehead atoms. The zero-order valence-corrected chi connectivity index (χ0v) is 66.1. The molecule has 3 unspecified atom stereocenters. The first-order valence-corrected chi connectivity index (χ1v) is 43.8. The largest absolute Gasteiger partial charge is 0.472 e. The van der Waals surface area contributed by atoms with E-state index in [1.54, 1.807) is 0 Å². The second kappa shape index (κ2) is 71.2. The zero-order valence-electron chi connectivity index (χ0n) is 64.3. The van der Waals surface area contributed by atoms with Gasteiger partial charge in [0.05, 0.1) is 26.4 Å². The molecule has 0 spiro atoms. The van der Waals surface area contributed by atoms with E-state index in [2.05, 4.69) is 65.8 Å². The van der Waals surface area contributed by atoms with Gasteiger partial charge in [-0.2, -0.15) is 0 Å². The molecule has 99 heavy (non-hydrogen) atoms. The average Bonchev–Trinajstić information content (AvgIpc) is 1.07. The third-order valence-corrected chi connectivity index (χ3v) is 20.3. The van der Waals surface area contributed by atoms with Crippen molar-refractivity contribution in [2.75, 3.05) is 39.6 Å². The van der Waals surface area contributed by atoms with Crippen molar-refractivity contribution in [1.29, 1.82) is 0 Å². The summed E-state index contributed by atoms with van der Waals surface area (Å²) in [5.41, 5.74) is 0. The second-order valence-corrected chi connectivity index (χ2v) is 31.7. The number of carbonyl (C=O) groups is 4. The summed E-state index contributed by atoms with van der Waals surface area (Å²) < 4.78 is 68.5. The highest BCUT2D eigenvalue weighted by Crippen LogP contribution is 2.45. The molecule has 0 saturated carbocycles. The Hall–Kier alpha value is -2.46. The number of carbonyl (C=O) groups excluding carboxylic acids is 4. The molecule has 0 saturated heterocycles. The van der Waals surface area contributed by atoms with Gasteiger partial charge in [0.25, 0.3) is 0 Å². The smallest absolute Gasteiger partial charge is 0.462 e. The molecule has 19 heteroatoms. The lowest BCUT2D eigenvalue weighted by Gasteiger charge is -2.21. The number of unbranched alkanes of at least 4 members (excludes halogenated alkanes) is 43. The Labute approximate surface area is 605 Å². The van der Waals surface area contributed by atoms with Crippen LogP contribution in [0.2, 0.25) is 0 Å². The fourth-order valence-corrected chi connectivity index (χ4v) is 13.4. The molecule has 0 amide bonds. The van der Waals surface area contributed by atoms with E-state index in [4.69, 9.17) is 37.0 Å². The van der Waals surface area contributed by atoms with Gasteiger partial charge in [0, 0.05) is 25.7 Å². The van der Waals surface area contributed by atoms with Gasteiger partial charge in [-0.15, -0.1) is 0 Å². The maximum atomic E-state index is 13.1. The van der Waals surface area contributed by atoms with E-state index in [9.17, 15) is 43.2 Å². The quantitative estimate of drug-likeness (QED) is 0.0169. The molecule has 0 rings (SSSR count). The number of ether oxygens (including phenoxy) is 4. The van der Waals surface area contributed by atoms with Crippen LogP contribution in [0.4, 0.5) is 0 Å². The van der Waals surface area contributed by atoms with Gasteiger partial charge in [-0.05, 0) is 63.2 Å². The van der Waals surface area contributed by atoms with Gasteiger partial charge in [-0.1, -0.05) is 342 Å². The van der Waals surface area contributed by atoms with E-state index >= 15 is 0 Å². The SMILES string of the molecule is CCCCCC/C=C\C=C/CCCCCCCC(=O)O[C@H](COC(=O)CCCCCCCCC)COP(=O)(O)OC[C@H](O)COP(=O)(O)OC[C@@H](COC(=O)CCCCCCCCCCCCCCCCC(C)CC)OC(=O)CCCCCCCCCCCCCCCCCCC(C)C. The number of phosphoric acid groups is 2. The molecule has 0 aromatic carbocycles. The summed E-state index contributed by atoms with van der Waals surface area (Å²) in [6.45, 7) is 9.60. The molecular weight excluding hydrogens is 1290 g/mol. The number of aliphatic hydroxyl groups is 1. The molecule has 0 aliphatic carbocycles. The Bertz CT molecular complexity index is 2000. The summed E-state index contributed by atoms with van der Waals surface area (Å²) in [5, 5.41) is 10.6. The van der Waals surface area contributed by atoms with E-state index in [-0.39, 0.29) is 25.7 Å². The topological polar surface area (TPSA) is 237 Å². The van der Waals surface area contributed by atoms with Gasteiger partial charge >= 0.3 is 39.5 Å². The molecule has 3 N–H and O–H groups in total. The average molecular weight is 1450 g/mol. The maximum Gasteiger partial charge on any atom is 0.472 e. The Balaban J connectivity index is 5.22. The first-order valence-electron chi connectivity index (χ1n) is 40.8. The van der Waals surface area contributed by atoms with Crippen molar-refractivity contribution < 1.29 is 80.2 Å². The van der Waals surface area contributed by atoms with Crippen LogP contribution in [0.1, 0.15) is 395 Å². The van der Waals surface area contributed by atoms with Crippen molar-refractivity contribution in [3.63, 3.8) is 0 Å². The van der Waals surface area contributed by atoms with Crippen LogP contribution in [0.3, 0.4) is 0 Å². The third-order valence-electron chi connectivity index (χ3n) is 18.4. The van der Waals surface area contributed by atoms with Gasteiger partial charge in [-0.25, -0.2) is 9.13 Å². The number of esters is 4. The Morgan fingerprint density at radius 1 is 0.333 bits per heavy atom. The number of hydrogen-bond donors (Lipinski definition) is 3. The first-order chi connectivity index (χ1) is 47.9. The highest BCUT2D eigenvalue weighted by atomic mass is 31.2. The molecule has 0 aliphatic heterocycles. The molecule has 0 aliphatic rings. The summed E-state index contributed by atoms with van der Waals surface area (Å²) in [7, 11) is -9.93. The van der Waals surface area contributed by atoms with E-state index in [1.807, 2.05) is 0 Å². The third kappa shape index (κ3) is 72.3. The number of rotatable bonds is 77. The lowest BCUT2D eigenvalue weighted by Crippen LogP contribution is -2.30. The molecule has 6 atom stereocenters. The molecular formula is C80H152O17P2. The maximum absolute atomic E-state index is 13.1. The van der Waals surface area contributed by atoms with Gasteiger partial charge in [0.15, 0.2) is 12.2 Å². The van der Waals surface area contributed by atoms with Gasteiger partial charge < -0.3 is 33.8 Å². The van der Waals surface area contributed by atoms with Gasteiger partial charge in [0.1, 0.15) is 19.3 Å². The second-order valence-electron chi connectivity index (χ2n) is 28.8. The van der Waals surface area contributed by atoms with Gasteiger partial charge in [0.2, 0.25) is 0 Å². The summed E-state index contributed by atoms with van der Waals surface area (Å²) in [4.78, 5) is 72.8. The molecule has 0 aromatic heterocycles. The monoisotopic (exact) mass is 1450 g/mol. The Morgan fingerprint density at radius 3 is 0.909 bits per heavy atom. The first kappa shape index (κ1) is 96.5. The molecule has 0 heterocycles. The van der Waals surface area contributed by atoms with Crippen LogP contribution in [0, 0.1) is 11.8 Å². The van der Waals surface area contributed by atoms with Crippen molar-refractivity contribution in [1.82, 2.24) is 0 Å². The lowest BCUT2D eigenvalue weighted by atomic mass is 9.99.